The van der Waals surface area contributed by atoms with Crippen molar-refractivity contribution in [3.63, 3.8) is 0 Å². The van der Waals surface area contributed by atoms with Gasteiger partial charge in [-0.1, -0.05) is 31.4 Å². The van der Waals surface area contributed by atoms with Crippen LogP contribution < -0.4 is 4.74 Å². The first-order valence-corrected chi connectivity index (χ1v) is 11.7. The number of hydrogen-bond acceptors (Lipinski definition) is 5. The number of rotatable bonds is 5. The summed E-state index contributed by atoms with van der Waals surface area (Å²) < 4.78 is 7.67. The van der Waals surface area contributed by atoms with Gasteiger partial charge in [-0.05, 0) is 50.3 Å². The molecule has 1 aliphatic heterocycles. The number of aliphatic hydroxyl groups is 1. The molecule has 6 heteroatoms. The molecule has 1 aliphatic carbocycles. The average molecular weight is 444 g/mol. The van der Waals surface area contributed by atoms with Gasteiger partial charge in [-0.25, -0.2) is 0 Å². The van der Waals surface area contributed by atoms with Crippen molar-refractivity contribution >= 4 is 28.3 Å². The molecule has 1 fully saturated rings. The number of fused-ring (bicyclic) bond motifs is 2. The van der Waals surface area contributed by atoms with E-state index >= 15 is 0 Å². The molecule has 0 spiro atoms. The van der Waals surface area contributed by atoms with Crippen molar-refractivity contribution in [2.24, 2.45) is 5.92 Å². The van der Waals surface area contributed by atoms with Gasteiger partial charge in [-0.2, -0.15) is 0 Å². The van der Waals surface area contributed by atoms with Crippen LogP contribution in [0.15, 0.2) is 42.4 Å². The molecule has 3 heterocycles. The summed E-state index contributed by atoms with van der Waals surface area (Å²) in [5, 5.41) is 18.3. The molecule has 33 heavy (non-hydrogen) atoms. The van der Waals surface area contributed by atoms with Gasteiger partial charge in [-0.15, -0.1) is 0 Å². The summed E-state index contributed by atoms with van der Waals surface area (Å²) in [5.41, 5.74) is 6.31. The zero-order valence-electron chi connectivity index (χ0n) is 19.1. The van der Waals surface area contributed by atoms with Crippen LogP contribution in [-0.4, -0.2) is 26.3 Å². The summed E-state index contributed by atoms with van der Waals surface area (Å²) in [6.07, 6.45) is 10.5. The summed E-state index contributed by atoms with van der Waals surface area (Å²) >= 11 is 0. The molecule has 0 atom stereocenters. The van der Waals surface area contributed by atoms with E-state index in [0.29, 0.717) is 29.4 Å². The molecule has 2 aliphatic rings. The van der Waals surface area contributed by atoms with Crippen LogP contribution in [0.4, 0.5) is 0 Å². The third kappa shape index (κ3) is 4.06. The number of ether oxygens (including phenoxy) is 1. The summed E-state index contributed by atoms with van der Waals surface area (Å²) in [6.45, 7) is 4.20. The first kappa shape index (κ1) is 21.4. The maximum Gasteiger partial charge on any atom is 0.315 e. The second-order valence-corrected chi connectivity index (χ2v) is 9.35. The van der Waals surface area contributed by atoms with Crippen molar-refractivity contribution in [2.75, 3.05) is 0 Å². The van der Waals surface area contributed by atoms with Crippen LogP contribution in [0.5, 0.6) is 5.75 Å². The van der Waals surface area contributed by atoms with Crippen LogP contribution in [0.2, 0.25) is 0 Å². The topological polar surface area (TPSA) is 88.2 Å². The molecular weight excluding hydrogens is 414 g/mol. The van der Waals surface area contributed by atoms with Crippen molar-refractivity contribution in [1.82, 2.24) is 9.55 Å². The largest absolute Gasteiger partial charge is 0.512 e. The number of carbonyl (C=O) groups excluding carboxylic acids is 1. The van der Waals surface area contributed by atoms with E-state index in [2.05, 4.69) is 10.8 Å². The number of carbonyl (C=O) groups is 1. The number of hydrogen-bond donors (Lipinski definition) is 2. The maximum atomic E-state index is 11.7. The second kappa shape index (κ2) is 8.50. The Morgan fingerprint density at radius 1 is 1.21 bits per heavy atom. The molecule has 2 N–H and O–H groups in total. The Kier molecular flexibility index (Phi) is 5.52. The Labute approximate surface area is 193 Å². The fourth-order valence-corrected chi connectivity index (χ4v) is 5.29. The average Bonchev–Trinajstić information content (AvgIpc) is 3.33. The Bertz CT molecular complexity index is 1290. The van der Waals surface area contributed by atoms with Gasteiger partial charge < -0.3 is 19.8 Å². The fraction of sp³-hybridized carbons (Fsp3) is 0.370. The van der Waals surface area contributed by atoms with E-state index < -0.39 is 0 Å². The molecule has 170 valence electrons. The highest BCUT2D eigenvalue weighted by Gasteiger charge is 2.23. The number of allylic oxidation sites excluding steroid dienone is 2. The standard InChI is InChI=1S/C27H29N3O3/c1-16(28)26(17(2)31)21-10-23-27(29-13-21)22(15-30(23)14-18-6-4-3-5-7-18)19-8-9-20-12-25(32)33-24(20)11-19/h8-11,13,15,18,28,31H,3-7,12,14H2,1-2H3/b26-17+,28-16?. The lowest BCUT2D eigenvalue weighted by Crippen LogP contribution is -2.13. The van der Waals surface area contributed by atoms with Crippen molar-refractivity contribution in [1.29, 1.82) is 5.41 Å². The number of benzene rings is 1. The van der Waals surface area contributed by atoms with E-state index in [1.54, 1.807) is 20.0 Å². The van der Waals surface area contributed by atoms with Gasteiger partial charge in [0.2, 0.25) is 0 Å². The van der Waals surface area contributed by atoms with Gasteiger partial charge in [0.05, 0.1) is 23.2 Å². The van der Waals surface area contributed by atoms with Crippen LogP contribution in [0.3, 0.4) is 0 Å². The van der Waals surface area contributed by atoms with Crippen molar-refractivity contribution < 1.29 is 14.6 Å². The Morgan fingerprint density at radius 2 is 2.00 bits per heavy atom. The lowest BCUT2D eigenvalue weighted by Gasteiger charge is -2.22. The monoisotopic (exact) mass is 443 g/mol. The van der Waals surface area contributed by atoms with Gasteiger partial charge in [0.25, 0.3) is 0 Å². The summed E-state index contributed by atoms with van der Waals surface area (Å²) in [5.74, 6) is 1.16. The summed E-state index contributed by atoms with van der Waals surface area (Å²) in [6, 6.07) is 7.96. The minimum Gasteiger partial charge on any atom is -0.512 e. The Hall–Kier alpha value is -3.41. The minimum absolute atomic E-state index is 0.120. The van der Waals surface area contributed by atoms with Crippen LogP contribution in [0.1, 0.15) is 57.1 Å². The molecule has 1 saturated carbocycles. The Balaban J connectivity index is 1.64. The zero-order chi connectivity index (χ0) is 23.1. The molecule has 0 saturated heterocycles. The number of nitrogens with zero attached hydrogens (tertiary/aromatic N) is 2. The predicted molar refractivity (Wildman–Crippen MR) is 130 cm³/mol. The van der Waals surface area contributed by atoms with Crippen molar-refractivity contribution in [3.8, 4) is 16.9 Å². The summed E-state index contributed by atoms with van der Waals surface area (Å²) in [7, 11) is 0. The number of esters is 1. The first-order valence-electron chi connectivity index (χ1n) is 11.7. The molecular formula is C27H29N3O3. The van der Waals surface area contributed by atoms with Crippen LogP contribution in [-0.2, 0) is 17.8 Å². The lowest BCUT2D eigenvalue weighted by atomic mass is 9.89. The molecule has 0 bridgehead atoms. The van der Waals surface area contributed by atoms with Gasteiger partial charge in [0.1, 0.15) is 5.75 Å². The molecule has 2 aromatic heterocycles. The SMILES string of the molecule is CC(=N)/C(=C(/C)O)c1cnc2c(-c3ccc4c(c3)OC(=O)C4)cn(CC3CCCCC3)c2c1. The van der Waals surface area contributed by atoms with E-state index in [1.807, 2.05) is 24.3 Å². The third-order valence-corrected chi connectivity index (χ3v) is 6.86. The molecule has 3 aromatic rings. The van der Waals surface area contributed by atoms with Crippen LogP contribution in [0, 0.1) is 11.3 Å². The molecule has 0 unspecified atom stereocenters. The van der Waals surface area contributed by atoms with E-state index in [9.17, 15) is 9.90 Å². The number of aromatic nitrogens is 2. The predicted octanol–water partition coefficient (Wildman–Crippen LogP) is 6.07. The molecule has 1 aromatic carbocycles. The number of aliphatic hydroxyl groups excluding tert-OH is 1. The number of nitrogens with one attached hydrogen (secondary N) is 1. The van der Waals surface area contributed by atoms with Crippen LogP contribution >= 0.6 is 0 Å². The zero-order valence-corrected chi connectivity index (χ0v) is 19.1. The lowest BCUT2D eigenvalue weighted by molar-refractivity contribution is -0.131. The number of pyridine rings is 1. The fourth-order valence-electron chi connectivity index (χ4n) is 5.29. The molecule has 0 radical (unpaired) electrons. The van der Waals surface area contributed by atoms with E-state index in [4.69, 9.17) is 15.1 Å². The minimum atomic E-state index is -0.217. The van der Waals surface area contributed by atoms with Gasteiger partial charge in [0, 0.05) is 46.9 Å². The first-order chi connectivity index (χ1) is 15.9. The third-order valence-electron chi connectivity index (χ3n) is 6.86. The van der Waals surface area contributed by atoms with Gasteiger partial charge in [0.15, 0.2) is 0 Å². The highest BCUT2D eigenvalue weighted by Crippen LogP contribution is 2.37. The highest BCUT2D eigenvalue weighted by atomic mass is 16.5. The summed E-state index contributed by atoms with van der Waals surface area (Å²) in [4.78, 5) is 16.5. The highest BCUT2D eigenvalue weighted by molar-refractivity contribution is 6.22. The van der Waals surface area contributed by atoms with E-state index in [0.717, 1.165) is 39.8 Å². The smallest absolute Gasteiger partial charge is 0.315 e. The molecule has 5 rings (SSSR count). The van der Waals surface area contributed by atoms with Crippen LogP contribution in [0.25, 0.3) is 27.7 Å². The quantitative estimate of drug-likeness (QED) is 0.217. The van der Waals surface area contributed by atoms with E-state index in [1.165, 1.54) is 32.1 Å². The van der Waals surface area contributed by atoms with Crippen molar-refractivity contribution in [3.05, 3.63) is 53.5 Å². The maximum absolute atomic E-state index is 11.7. The normalized spacial score (nSPS) is 17.1. The second-order valence-electron chi connectivity index (χ2n) is 9.35. The van der Waals surface area contributed by atoms with E-state index in [-0.39, 0.29) is 11.7 Å². The van der Waals surface area contributed by atoms with Gasteiger partial charge in [-0.3, -0.25) is 9.78 Å². The van der Waals surface area contributed by atoms with Gasteiger partial charge >= 0.3 is 5.97 Å². The molecule has 0 amide bonds. The molecule has 6 nitrogen and oxygen atoms in total. The van der Waals surface area contributed by atoms with Crippen molar-refractivity contribution in [2.45, 2.75) is 58.9 Å². The Morgan fingerprint density at radius 3 is 2.73 bits per heavy atom.